The number of unbranched alkanes of at least 4 members (excludes halogenated alkanes) is 2. The number of benzene rings is 1. The Morgan fingerprint density at radius 2 is 1.78 bits per heavy atom. The molecule has 0 amide bonds. The lowest BCUT2D eigenvalue weighted by atomic mass is 10.1. The normalized spacial score (nSPS) is 10.1. The fourth-order valence-electron chi connectivity index (χ4n) is 1.92. The van der Waals surface area contributed by atoms with Gasteiger partial charge in [-0.1, -0.05) is 26.7 Å². The third kappa shape index (κ3) is 4.03. The third-order valence-electron chi connectivity index (χ3n) is 2.98. The van der Waals surface area contributed by atoms with Crippen molar-refractivity contribution in [1.82, 2.24) is 0 Å². The maximum absolute atomic E-state index is 13.1. The van der Waals surface area contributed by atoms with Gasteiger partial charge < -0.3 is 4.90 Å². The van der Waals surface area contributed by atoms with Crippen LogP contribution in [0.5, 0.6) is 0 Å². The van der Waals surface area contributed by atoms with Gasteiger partial charge in [0.25, 0.3) is 0 Å². The van der Waals surface area contributed by atoms with E-state index in [1.54, 1.807) is 6.07 Å². The molecule has 0 atom stereocenters. The number of nitrogens with zero attached hydrogens (tertiary/aromatic N) is 2. The number of hydrogen-bond donors (Lipinski definition) is 0. The smallest absolute Gasteiger partial charge is 0.124 e. The van der Waals surface area contributed by atoms with Crippen molar-refractivity contribution in [2.45, 2.75) is 39.5 Å². The van der Waals surface area contributed by atoms with E-state index in [0.717, 1.165) is 44.5 Å². The first-order chi connectivity index (χ1) is 8.72. The Morgan fingerprint density at radius 3 is 2.28 bits per heavy atom. The number of hydrogen-bond acceptors (Lipinski definition) is 2. The molecule has 0 aromatic heterocycles. The minimum atomic E-state index is -0.346. The van der Waals surface area contributed by atoms with Crippen LogP contribution >= 0.6 is 0 Å². The first kappa shape index (κ1) is 14.5. The summed E-state index contributed by atoms with van der Waals surface area (Å²) in [6.07, 6.45) is 4.41. The van der Waals surface area contributed by atoms with Gasteiger partial charge in [-0.3, -0.25) is 0 Å². The summed E-state index contributed by atoms with van der Waals surface area (Å²) in [5, 5.41) is 9.10. The molecule has 0 radical (unpaired) electrons. The Labute approximate surface area is 109 Å². The second kappa shape index (κ2) is 7.71. The predicted octanol–water partition coefficient (Wildman–Crippen LogP) is 4.10. The van der Waals surface area contributed by atoms with Gasteiger partial charge in [0.2, 0.25) is 0 Å². The molecule has 0 aliphatic heterocycles. The highest BCUT2D eigenvalue weighted by molar-refractivity contribution is 5.59. The highest BCUT2D eigenvalue weighted by Crippen LogP contribution is 2.22. The van der Waals surface area contributed by atoms with Gasteiger partial charge >= 0.3 is 0 Å². The van der Waals surface area contributed by atoms with Gasteiger partial charge in [0.15, 0.2) is 0 Å². The van der Waals surface area contributed by atoms with Crippen molar-refractivity contribution < 1.29 is 4.39 Å². The first-order valence-electron chi connectivity index (χ1n) is 6.67. The summed E-state index contributed by atoms with van der Waals surface area (Å²) in [7, 11) is 0. The van der Waals surface area contributed by atoms with Crippen molar-refractivity contribution in [3.63, 3.8) is 0 Å². The van der Waals surface area contributed by atoms with Crippen molar-refractivity contribution in [3.05, 3.63) is 29.6 Å². The predicted molar refractivity (Wildman–Crippen MR) is 73.1 cm³/mol. The Hall–Kier alpha value is -1.56. The van der Waals surface area contributed by atoms with Crippen molar-refractivity contribution >= 4 is 5.69 Å². The molecule has 0 heterocycles. The Bertz CT molecular complexity index is 401. The summed E-state index contributed by atoms with van der Waals surface area (Å²) in [5.74, 6) is -0.346. The second-order valence-corrected chi connectivity index (χ2v) is 4.47. The molecule has 1 aromatic carbocycles. The number of anilines is 1. The molecule has 0 unspecified atom stereocenters. The number of rotatable bonds is 7. The van der Waals surface area contributed by atoms with Crippen LogP contribution in [0.2, 0.25) is 0 Å². The Balaban J connectivity index is 2.92. The van der Waals surface area contributed by atoms with Crippen LogP contribution in [0.25, 0.3) is 0 Å². The standard InChI is InChI=1S/C15H21FN2/c1-3-5-9-18(10-6-4-2)15-8-7-14(16)11-13(15)12-17/h7-8,11H,3-6,9-10H2,1-2H3. The molecule has 2 nitrogen and oxygen atoms in total. The molecular formula is C15H21FN2. The molecule has 0 fully saturated rings. The molecule has 0 saturated heterocycles. The number of halogens is 1. The molecule has 0 aliphatic carbocycles. The summed E-state index contributed by atoms with van der Waals surface area (Å²) in [4.78, 5) is 2.20. The molecule has 0 aliphatic rings. The third-order valence-corrected chi connectivity index (χ3v) is 2.98. The maximum atomic E-state index is 13.1. The average molecular weight is 248 g/mol. The molecule has 0 N–H and O–H groups in total. The monoisotopic (exact) mass is 248 g/mol. The fraction of sp³-hybridized carbons (Fsp3) is 0.533. The van der Waals surface area contributed by atoms with E-state index in [1.165, 1.54) is 12.1 Å². The van der Waals surface area contributed by atoms with Gasteiger partial charge in [0, 0.05) is 13.1 Å². The molecule has 1 aromatic rings. The van der Waals surface area contributed by atoms with Crippen LogP contribution in [0.4, 0.5) is 10.1 Å². The maximum Gasteiger partial charge on any atom is 0.124 e. The fourth-order valence-corrected chi connectivity index (χ4v) is 1.92. The van der Waals surface area contributed by atoms with Gasteiger partial charge in [-0.25, -0.2) is 4.39 Å². The molecule has 98 valence electrons. The van der Waals surface area contributed by atoms with E-state index < -0.39 is 0 Å². The zero-order valence-corrected chi connectivity index (χ0v) is 11.2. The van der Waals surface area contributed by atoms with Gasteiger partial charge in [0.05, 0.1) is 11.3 Å². The van der Waals surface area contributed by atoms with E-state index >= 15 is 0 Å². The summed E-state index contributed by atoms with van der Waals surface area (Å²) < 4.78 is 13.1. The largest absolute Gasteiger partial charge is 0.370 e. The van der Waals surface area contributed by atoms with E-state index in [4.69, 9.17) is 5.26 Å². The Kier molecular flexibility index (Phi) is 6.21. The van der Waals surface area contributed by atoms with E-state index in [-0.39, 0.29) is 5.82 Å². The van der Waals surface area contributed by atoms with Crippen molar-refractivity contribution in [3.8, 4) is 6.07 Å². The van der Waals surface area contributed by atoms with Crippen LogP contribution < -0.4 is 4.90 Å². The molecule has 3 heteroatoms. The van der Waals surface area contributed by atoms with Gasteiger partial charge in [0.1, 0.15) is 11.9 Å². The zero-order valence-electron chi connectivity index (χ0n) is 11.2. The van der Waals surface area contributed by atoms with Gasteiger partial charge in [-0.05, 0) is 31.0 Å². The lowest BCUT2D eigenvalue weighted by Crippen LogP contribution is -2.26. The molecule has 0 saturated carbocycles. The second-order valence-electron chi connectivity index (χ2n) is 4.47. The first-order valence-corrected chi connectivity index (χ1v) is 6.67. The van der Waals surface area contributed by atoms with Crippen molar-refractivity contribution in [1.29, 1.82) is 5.26 Å². The Morgan fingerprint density at radius 1 is 1.17 bits per heavy atom. The van der Waals surface area contributed by atoms with Crippen LogP contribution in [-0.2, 0) is 0 Å². The summed E-state index contributed by atoms with van der Waals surface area (Å²) in [6, 6.07) is 6.56. The van der Waals surface area contributed by atoms with Gasteiger partial charge in [-0.2, -0.15) is 5.26 Å². The summed E-state index contributed by atoms with van der Waals surface area (Å²) >= 11 is 0. The molecule has 0 spiro atoms. The van der Waals surface area contributed by atoms with Crippen LogP contribution in [0.1, 0.15) is 45.1 Å². The molecule has 18 heavy (non-hydrogen) atoms. The van der Waals surface area contributed by atoms with Crippen LogP contribution in [0.15, 0.2) is 18.2 Å². The molecule has 1 rings (SSSR count). The average Bonchev–Trinajstić information content (AvgIpc) is 2.39. The molecular weight excluding hydrogens is 227 g/mol. The van der Waals surface area contributed by atoms with Crippen molar-refractivity contribution in [2.24, 2.45) is 0 Å². The molecule has 0 bridgehead atoms. The van der Waals surface area contributed by atoms with Crippen LogP contribution in [0.3, 0.4) is 0 Å². The highest BCUT2D eigenvalue weighted by Gasteiger charge is 2.11. The van der Waals surface area contributed by atoms with E-state index in [2.05, 4.69) is 24.8 Å². The minimum Gasteiger partial charge on any atom is -0.370 e. The summed E-state index contributed by atoms with van der Waals surface area (Å²) in [5.41, 5.74) is 1.29. The highest BCUT2D eigenvalue weighted by atomic mass is 19.1. The topological polar surface area (TPSA) is 27.0 Å². The zero-order chi connectivity index (χ0) is 13.4. The van der Waals surface area contributed by atoms with E-state index in [1.807, 2.05) is 0 Å². The van der Waals surface area contributed by atoms with E-state index in [0.29, 0.717) is 5.56 Å². The van der Waals surface area contributed by atoms with Crippen molar-refractivity contribution in [2.75, 3.05) is 18.0 Å². The quantitative estimate of drug-likeness (QED) is 0.726. The summed E-state index contributed by atoms with van der Waals surface area (Å²) in [6.45, 7) is 6.15. The lowest BCUT2D eigenvalue weighted by molar-refractivity contribution is 0.625. The van der Waals surface area contributed by atoms with Gasteiger partial charge in [-0.15, -0.1) is 0 Å². The lowest BCUT2D eigenvalue weighted by Gasteiger charge is -2.25. The van der Waals surface area contributed by atoms with Crippen LogP contribution in [0, 0.1) is 17.1 Å². The van der Waals surface area contributed by atoms with Crippen LogP contribution in [-0.4, -0.2) is 13.1 Å². The number of nitriles is 1. The van der Waals surface area contributed by atoms with E-state index in [9.17, 15) is 4.39 Å². The SMILES string of the molecule is CCCCN(CCCC)c1ccc(F)cc1C#N. The minimum absolute atomic E-state index is 0.346.